The Bertz CT molecular complexity index is 662. The second-order valence-corrected chi connectivity index (χ2v) is 5.22. The van der Waals surface area contributed by atoms with Crippen LogP contribution in [-0.4, -0.2) is 10.8 Å². The maximum absolute atomic E-state index is 11.9. The Kier molecular flexibility index (Phi) is 5.82. The summed E-state index contributed by atoms with van der Waals surface area (Å²) >= 11 is 0. The molecule has 3 rings (SSSR count). The number of carbonyl (C=O) groups is 1. The number of nitrogens with one attached hydrogen (secondary N) is 1. The first kappa shape index (κ1) is 16.6. The molecule has 0 heterocycles. The average molecular weight is 313 g/mol. The molecule has 2 aromatic carbocycles. The van der Waals surface area contributed by atoms with Crippen LogP contribution in [0, 0.1) is 10.1 Å². The number of nitrogens with zero attached hydrogens (tertiary/aromatic N) is 1. The molecule has 23 heavy (non-hydrogen) atoms. The highest BCUT2D eigenvalue weighted by molar-refractivity contribution is 6.04. The minimum absolute atomic E-state index is 0.0474. The number of amides is 1. The van der Waals surface area contributed by atoms with Gasteiger partial charge in [0.25, 0.3) is 11.6 Å². The Labute approximate surface area is 134 Å². The maximum atomic E-state index is 11.9. The van der Waals surface area contributed by atoms with E-state index < -0.39 is 4.92 Å². The van der Waals surface area contributed by atoms with E-state index in [0.717, 1.165) is 5.56 Å². The third kappa shape index (κ3) is 5.52. The molecular weight excluding hydrogens is 294 g/mol. The van der Waals surface area contributed by atoms with Crippen molar-refractivity contribution < 1.29 is 9.72 Å². The number of anilines is 1. The summed E-state index contributed by atoms with van der Waals surface area (Å²) in [6.45, 7) is 0.441. The zero-order valence-electron chi connectivity index (χ0n) is 12.7. The lowest BCUT2D eigenvalue weighted by atomic mass is 10.1. The van der Waals surface area contributed by atoms with Crippen molar-refractivity contribution in [2.24, 2.45) is 5.73 Å². The standard InChI is InChI=1S/C14H13N3O3.C3H6/c15-9-10-1-5-12(6-2-10)16-14(18)11-3-7-13(8-4-11)17(19)20;1-2-3-1/h1-8H,9,15H2,(H,16,18);1-3H2. The molecule has 0 spiro atoms. The molecule has 0 aliphatic heterocycles. The van der Waals surface area contributed by atoms with E-state index in [1.54, 1.807) is 12.1 Å². The topological polar surface area (TPSA) is 98.3 Å². The molecule has 0 unspecified atom stereocenters. The number of nitro benzene ring substituents is 1. The van der Waals surface area contributed by atoms with Gasteiger partial charge in [-0.15, -0.1) is 0 Å². The molecule has 0 saturated heterocycles. The Balaban J connectivity index is 0.000000572. The molecular formula is C17H19N3O3. The van der Waals surface area contributed by atoms with Crippen molar-refractivity contribution in [3.63, 3.8) is 0 Å². The van der Waals surface area contributed by atoms with Crippen molar-refractivity contribution in [3.8, 4) is 0 Å². The molecule has 0 aromatic heterocycles. The summed E-state index contributed by atoms with van der Waals surface area (Å²) in [6, 6.07) is 12.6. The monoisotopic (exact) mass is 313 g/mol. The molecule has 0 atom stereocenters. The molecule has 1 saturated carbocycles. The summed E-state index contributed by atoms with van der Waals surface area (Å²) < 4.78 is 0. The molecule has 1 aliphatic carbocycles. The number of rotatable bonds is 4. The Morgan fingerprint density at radius 1 is 1.04 bits per heavy atom. The van der Waals surface area contributed by atoms with Crippen molar-refractivity contribution >= 4 is 17.3 Å². The fourth-order valence-electron chi connectivity index (χ4n) is 1.66. The van der Waals surface area contributed by atoms with E-state index in [-0.39, 0.29) is 11.6 Å². The van der Waals surface area contributed by atoms with Crippen molar-refractivity contribution in [3.05, 3.63) is 69.8 Å². The van der Waals surface area contributed by atoms with Crippen molar-refractivity contribution in [1.29, 1.82) is 0 Å². The third-order valence-corrected chi connectivity index (χ3v) is 3.14. The zero-order valence-corrected chi connectivity index (χ0v) is 12.7. The summed E-state index contributed by atoms with van der Waals surface area (Å²) in [4.78, 5) is 22.0. The molecule has 0 bridgehead atoms. The Hall–Kier alpha value is -2.73. The van der Waals surface area contributed by atoms with Crippen LogP contribution in [0.3, 0.4) is 0 Å². The lowest BCUT2D eigenvalue weighted by molar-refractivity contribution is -0.384. The van der Waals surface area contributed by atoms with Crippen LogP contribution >= 0.6 is 0 Å². The van der Waals surface area contributed by atoms with E-state index >= 15 is 0 Å². The highest BCUT2D eigenvalue weighted by Gasteiger charge is 2.09. The molecule has 0 radical (unpaired) electrons. The Morgan fingerprint density at radius 3 is 2.04 bits per heavy atom. The molecule has 3 N–H and O–H groups in total. The Morgan fingerprint density at radius 2 is 1.61 bits per heavy atom. The van der Waals surface area contributed by atoms with E-state index in [1.165, 1.54) is 43.5 Å². The van der Waals surface area contributed by atoms with Crippen molar-refractivity contribution in [1.82, 2.24) is 0 Å². The predicted molar refractivity (Wildman–Crippen MR) is 89.2 cm³/mol. The molecule has 1 aliphatic rings. The minimum atomic E-state index is -0.507. The van der Waals surface area contributed by atoms with Gasteiger partial charge in [-0.05, 0) is 29.8 Å². The van der Waals surface area contributed by atoms with Gasteiger partial charge in [-0.1, -0.05) is 31.4 Å². The van der Waals surface area contributed by atoms with Gasteiger partial charge in [0.1, 0.15) is 0 Å². The quantitative estimate of drug-likeness (QED) is 0.667. The van der Waals surface area contributed by atoms with Gasteiger partial charge in [0.15, 0.2) is 0 Å². The summed E-state index contributed by atoms with van der Waals surface area (Å²) in [6.07, 6.45) is 4.50. The van der Waals surface area contributed by atoms with Gasteiger partial charge in [-0.3, -0.25) is 14.9 Å². The normalized spacial score (nSPS) is 11.9. The van der Waals surface area contributed by atoms with Gasteiger partial charge in [-0.2, -0.15) is 0 Å². The third-order valence-electron chi connectivity index (χ3n) is 3.14. The van der Waals surface area contributed by atoms with E-state index in [9.17, 15) is 14.9 Å². The van der Waals surface area contributed by atoms with Gasteiger partial charge in [-0.25, -0.2) is 0 Å². The summed E-state index contributed by atoms with van der Waals surface area (Å²) in [5, 5.41) is 13.2. The molecule has 1 fully saturated rings. The smallest absolute Gasteiger partial charge is 0.269 e. The first-order chi connectivity index (χ1) is 11.1. The van der Waals surface area contributed by atoms with E-state index in [1.807, 2.05) is 12.1 Å². The molecule has 1 amide bonds. The van der Waals surface area contributed by atoms with Crippen LogP contribution < -0.4 is 11.1 Å². The van der Waals surface area contributed by atoms with Crippen LogP contribution in [0.25, 0.3) is 0 Å². The fraction of sp³-hybridized carbons (Fsp3) is 0.235. The molecule has 6 nitrogen and oxygen atoms in total. The zero-order chi connectivity index (χ0) is 16.7. The number of hydrogen-bond donors (Lipinski definition) is 2. The van der Waals surface area contributed by atoms with E-state index in [0.29, 0.717) is 17.8 Å². The van der Waals surface area contributed by atoms with E-state index in [4.69, 9.17) is 5.73 Å². The average Bonchev–Trinajstić information content (AvgIpc) is 3.44. The number of nitrogens with two attached hydrogens (primary N) is 1. The van der Waals surface area contributed by atoms with E-state index in [2.05, 4.69) is 5.32 Å². The maximum Gasteiger partial charge on any atom is 0.269 e. The lowest BCUT2D eigenvalue weighted by Gasteiger charge is -2.06. The van der Waals surface area contributed by atoms with Crippen molar-refractivity contribution in [2.75, 3.05) is 5.32 Å². The van der Waals surface area contributed by atoms with Crippen LogP contribution in [0.5, 0.6) is 0 Å². The van der Waals surface area contributed by atoms with Gasteiger partial charge < -0.3 is 11.1 Å². The van der Waals surface area contributed by atoms with Crippen LogP contribution in [0.2, 0.25) is 0 Å². The number of nitro groups is 1. The van der Waals surface area contributed by atoms with Crippen LogP contribution in [0.15, 0.2) is 48.5 Å². The van der Waals surface area contributed by atoms with Gasteiger partial charge >= 0.3 is 0 Å². The molecule has 6 heteroatoms. The van der Waals surface area contributed by atoms with Crippen molar-refractivity contribution in [2.45, 2.75) is 25.8 Å². The highest BCUT2D eigenvalue weighted by atomic mass is 16.6. The molecule has 2 aromatic rings. The van der Waals surface area contributed by atoms with Crippen LogP contribution in [-0.2, 0) is 6.54 Å². The van der Waals surface area contributed by atoms with Crippen LogP contribution in [0.4, 0.5) is 11.4 Å². The van der Waals surface area contributed by atoms with Crippen LogP contribution in [0.1, 0.15) is 35.2 Å². The second kappa shape index (κ2) is 8.05. The van der Waals surface area contributed by atoms with Gasteiger partial charge in [0, 0.05) is 29.9 Å². The van der Waals surface area contributed by atoms with Gasteiger partial charge in [0.2, 0.25) is 0 Å². The predicted octanol–water partition coefficient (Wildman–Crippen LogP) is 3.48. The summed E-state index contributed by atoms with van der Waals surface area (Å²) in [5.74, 6) is -0.319. The fourth-order valence-corrected chi connectivity index (χ4v) is 1.66. The first-order valence-corrected chi connectivity index (χ1v) is 7.45. The molecule has 120 valence electrons. The first-order valence-electron chi connectivity index (χ1n) is 7.45. The number of non-ortho nitro benzene ring substituents is 1. The SMILES string of the molecule is C1CC1.NCc1ccc(NC(=O)c2ccc([N+](=O)[O-])cc2)cc1. The second-order valence-electron chi connectivity index (χ2n) is 5.22. The summed E-state index contributed by atoms with van der Waals surface area (Å²) in [5.41, 5.74) is 7.42. The largest absolute Gasteiger partial charge is 0.326 e. The lowest BCUT2D eigenvalue weighted by Crippen LogP contribution is -2.11. The number of hydrogen-bond acceptors (Lipinski definition) is 4. The summed E-state index contributed by atoms with van der Waals surface area (Å²) in [7, 11) is 0. The number of benzene rings is 2. The highest BCUT2D eigenvalue weighted by Crippen LogP contribution is 2.15. The van der Waals surface area contributed by atoms with Gasteiger partial charge in [0.05, 0.1) is 4.92 Å². The number of carbonyl (C=O) groups excluding carboxylic acids is 1. The minimum Gasteiger partial charge on any atom is -0.326 e.